The maximum Gasteiger partial charge on any atom is 0.412 e. The molecule has 430 valence electrons. The quantitative estimate of drug-likeness (QED) is 0.0506. The van der Waals surface area contributed by atoms with Crippen molar-refractivity contribution in [2.75, 3.05) is 54.6 Å². The lowest BCUT2D eigenvalue weighted by atomic mass is 9.93. The minimum atomic E-state index is -1.01. The Kier molecular flexibility index (Phi) is 21.9. The molecule has 6 aromatic rings. The summed E-state index contributed by atoms with van der Waals surface area (Å²) in [6.07, 6.45) is 8.23. The molecule has 0 aliphatic heterocycles. The molecule has 81 heavy (non-hydrogen) atoms. The van der Waals surface area contributed by atoms with Crippen molar-refractivity contribution < 1.29 is 39.5 Å². The monoisotopic (exact) mass is 1150 g/mol. The van der Waals surface area contributed by atoms with Gasteiger partial charge in [-0.05, 0) is 143 Å². The van der Waals surface area contributed by atoms with E-state index in [4.69, 9.17) is 49.9 Å². The summed E-state index contributed by atoms with van der Waals surface area (Å²) in [7, 11) is -1.00. The van der Waals surface area contributed by atoms with Crippen molar-refractivity contribution in [3.8, 4) is 0 Å². The number of benzene rings is 4. The van der Waals surface area contributed by atoms with Crippen molar-refractivity contribution >= 4 is 81.7 Å². The maximum atomic E-state index is 12.7. The molecule has 2 aliphatic rings. The van der Waals surface area contributed by atoms with Gasteiger partial charge in [0.2, 0.25) is 11.9 Å². The van der Waals surface area contributed by atoms with Gasteiger partial charge in [-0.1, -0.05) is 112 Å². The molecule has 0 radical (unpaired) electrons. The second kappa shape index (κ2) is 28.5. The van der Waals surface area contributed by atoms with Crippen molar-refractivity contribution in [3.05, 3.63) is 176 Å². The molecule has 17 nitrogen and oxygen atoms in total. The Morgan fingerprint density at radius 2 is 1.01 bits per heavy atom. The average Bonchev–Trinajstić information content (AvgIpc) is 4.09. The lowest BCUT2D eigenvalue weighted by Crippen LogP contribution is -2.38. The predicted octanol–water partition coefficient (Wildman–Crippen LogP) is 13.2. The molecule has 0 saturated carbocycles. The zero-order chi connectivity index (χ0) is 60.4. The van der Waals surface area contributed by atoms with E-state index in [9.17, 15) is 23.6 Å². The number of amides is 3. The second-order valence-corrected chi connectivity index (χ2v) is 23.2. The molecule has 8 N–H and O–H groups in total. The molecule has 0 unspecified atom stereocenters. The summed E-state index contributed by atoms with van der Waals surface area (Å²) < 4.78 is 25.8. The van der Waals surface area contributed by atoms with Gasteiger partial charge in [0.05, 0.1) is 47.9 Å². The van der Waals surface area contributed by atoms with Crippen LogP contribution in [0.5, 0.6) is 0 Å². The number of allylic oxidation sites excluding steroid dienone is 2. The second-order valence-electron chi connectivity index (χ2n) is 22.4. The number of halogens is 3. The van der Waals surface area contributed by atoms with Crippen molar-refractivity contribution in [1.29, 1.82) is 0 Å². The SMILES string of the molecule is CC(C)(C)OC(=O)Nc1ccc(C(=O)O)cc1.CC(C)(CN)CNc1ncc(Cl)c(C2=CCc3ccccc32)n1.CC(C)(CNC(=O)c1ccc(NC(=O)OC(C)(C)C)cc1)CNc1ncc(Cl)c(C2=CCc3ccccc32)n1.[2H]CF. The number of hydrogen-bond donors (Lipinski definition) is 7. The van der Waals surface area contributed by atoms with E-state index in [1.165, 1.54) is 41.0 Å². The van der Waals surface area contributed by atoms with Crippen molar-refractivity contribution in [2.24, 2.45) is 16.6 Å². The van der Waals surface area contributed by atoms with Crippen LogP contribution in [0.3, 0.4) is 0 Å². The van der Waals surface area contributed by atoms with Crippen LogP contribution in [0.25, 0.3) is 11.1 Å². The van der Waals surface area contributed by atoms with Crippen LogP contribution in [-0.4, -0.2) is 93.6 Å². The highest BCUT2D eigenvalue weighted by molar-refractivity contribution is 6.32. The number of fused-ring (bicyclic) bond motifs is 2. The summed E-state index contributed by atoms with van der Waals surface area (Å²) in [6, 6.07) is 29.1. The van der Waals surface area contributed by atoms with Crippen molar-refractivity contribution in [3.63, 3.8) is 0 Å². The molecule has 4 aromatic carbocycles. The highest BCUT2D eigenvalue weighted by Gasteiger charge is 2.25. The number of carbonyl (C=O) groups excluding carboxylic acids is 3. The summed E-state index contributed by atoms with van der Waals surface area (Å²) in [5.41, 5.74) is 14.5. The number of nitrogens with two attached hydrogens (primary N) is 1. The number of aromatic carboxylic acids is 1. The fourth-order valence-corrected chi connectivity index (χ4v) is 8.12. The van der Waals surface area contributed by atoms with E-state index in [2.05, 4.69) is 97.9 Å². The number of carbonyl (C=O) groups is 4. The predicted molar refractivity (Wildman–Crippen MR) is 321 cm³/mol. The number of carboxylic acids is 1. The van der Waals surface area contributed by atoms with Gasteiger partial charge in [-0.3, -0.25) is 19.8 Å². The molecule has 0 atom stereocenters. The van der Waals surface area contributed by atoms with E-state index >= 15 is 0 Å². The number of anilines is 4. The van der Waals surface area contributed by atoms with Crippen LogP contribution in [0.2, 0.25) is 10.0 Å². The molecular formula is C61H73Cl2FN10O7. The third-order valence-electron chi connectivity index (χ3n) is 12.0. The van der Waals surface area contributed by atoms with Gasteiger partial charge >= 0.3 is 18.2 Å². The molecule has 20 heteroatoms. The number of carboxylic acid groups (broad SMARTS) is 1. The first-order valence-electron chi connectivity index (χ1n) is 26.7. The molecule has 2 aromatic heterocycles. The van der Waals surface area contributed by atoms with Gasteiger partial charge in [0.25, 0.3) is 5.91 Å². The first kappa shape index (κ1) is 62.3. The first-order valence-corrected chi connectivity index (χ1v) is 26.7. The Balaban J connectivity index is 0.000000242. The largest absolute Gasteiger partial charge is 0.478 e. The zero-order valence-corrected chi connectivity index (χ0v) is 48.9. The molecule has 3 amide bonds. The van der Waals surface area contributed by atoms with Gasteiger partial charge in [0.1, 0.15) is 11.2 Å². The minimum absolute atomic E-state index is 0.0115. The van der Waals surface area contributed by atoms with Crippen LogP contribution in [0.1, 0.15) is 125 Å². The number of nitrogens with zero attached hydrogens (tertiary/aromatic N) is 4. The Morgan fingerprint density at radius 1 is 0.617 bits per heavy atom. The summed E-state index contributed by atoms with van der Waals surface area (Å²) in [4.78, 5) is 64.6. The summed E-state index contributed by atoms with van der Waals surface area (Å²) in [6.45, 7) is 21.2. The highest BCUT2D eigenvalue weighted by atomic mass is 35.5. The molecular weight excluding hydrogens is 1070 g/mol. The normalized spacial score (nSPS) is 12.5. The van der Waals surface area contributed by atoms with Crippen LogP contribution in [0.4, 0.5) is 37.3 Å². The number of alkyl halides is 1. The van der Waals surface area contributed by atoms with Crippen LogP contribution < -0.4 is 32.3 Å². The number of nitrogens with one attached hydrogen (secondary N) is 5. The minimum Gasteiger partial charge on any atom is -0.478 e. The van der Waals surface area contributed by atoms with E-state index in [1.807, 2.05) is 32.0 Å². The molecule has 0 saturated heterocycles. The number of hydrogen-bond acceptors (Lipinski definition) is 13. The van der Waals surface area contributed by atoms with Gasteiger partial charge in [-0.15, -0.1) is 0 Å². The van der Waals surface area contributed by atoms with Crippen LogP contribution >= 0.6 is 23.2 Å². The molecule has 0 bridgehead atoms. The first-order chi connectivity index (χ1) is 38.6. The Hall–Kier alpha value is -7.93. The number of ether oxygens (including phenoxy) is 2. The van der Waals surface area contributed by atoms with E-state index in [0.717, 1.165) is 35.2 Å². The lowest BCUT2D eigenvalue weighted by Gasteiger charge is -2.25. The fourth-order valence-electron chi connectivity index (χ4n) is 7.73. The van der Waals surface area contributed by atoms with Gasteiger partial charge in [0.15, 0.2) is 0 Å². The third kappa shape index (κ3) is 20.0. The number of aromatic nitrogens is 4. The number of rotatable bonds is 15. The Labute approximate surface area is 485 Å². The molecule has 0 spiro atoms. The van der Waals surface area contributed by atoms with Gasteiger partial charge < -0.3 is 36.3 Å². The molecule has 8 rings (SSSR count). The van der Waals surface area contributed by atoms with E-state index in [0.29, 0.717) is 70.8 Å². The summed E-state index contributed by atoms with van der Waals surface area (Å²) in [5.74, 6) is -0.152. The molecule has 2 heterocycles. The van der Waals surface area contributed by atoms with Gasteiger partial charge in [-0.2, -0.15) is 0 Å². The molecule has 2 aliphatic carbocycles. The van der Waals surface area contributed by atoms with Crippen molar-refractivity contribution in [2.45, 2.75) is 93.3 Å². The van der Waals surface area contributed by atoms with Gasteiger partial charge in [0, 0.05) is 47.7 Å². The van der Waals surface area contributed by atoms with E-state index in [-0.39, 0.29) is 22.3 Å². The zero-order valence-electron chi connectivity index (χ0n) is 48.4. The smallest absolute Gasteiger partial charge is 0.412 e. The van der Waals surface area contributed by atoms with E-state index < -0.39 is 36.5 Å². The fraction of sp³-hybridized carbons (Fsp3) is 0.344. The van der Waals surface area contributed by atoms with Crippen LogP contribution in [-0.2, 0) is 22.3 Å². The van der Waals surface area contributed by atoms with E-state index in [1.54, 1.807) is 78.2 Å². The van der Waals surface area contributed by atoms with Crippen LogP contribution in [0, 0.1) is 10.8 Å². The highest BCUT2D eigenvalue weighted by Crippen LogP contribution is 2.37. The summed E-state index contributed by atoms with van der Waals surface area (Å²) in [5, 5.41) is 24.5. The Bertz CT molecular complexity index is 3240. The lowest BCUT2D eigenvalue weighted by molar-refractivity contribution is 0.0624. The maximum absolute atomic E-state index is 12.7. The topological polar surface area (TPSA) is 245 Å². The van der Waals surface area contributed by atoms with Crippen LogP contribution in [0.15, 0.2) is 122 Å². The standard InChI is InChI=1S/C30H34ClN5O3.C18H21ClN4.C12H15NO4.CH3F/c1-29(2,3)39-28(38)35-21-13-10-20(11-14-21)26(37)33-17-30(4,5)18-34-27-32-16-24(31)25(36-27)23-15-12-19-8-6-7-9-22(19)23;1-18(2,10-20)11-22-17-21-9-15(19)16(23-17)14-8-7-12-5-3-4-6-13(12)14;1-12(2,3)17-11(16)13-9-6-4-8(5-7-9)10(14)15;1-2/h6-11,13-16H,12,17-18H2,1-5H3,(H,33,37)(H,35,38)(H,32,34,36);3-6,8-9H,7,10-11,20H2,1-2H3,(H,21,22,23);4-7H,1-3H3,(H,13,16)(H,14,15);1H3/i;;;1D. The third-order valence-corrected chi connectivity index (χ3v) is 12.5. The summed E-state index contributed by atoms with van der Waals surface area (Å²) >= 11 is 12.8. The average molecular weight is 1150 g/mol. The Morgan fingerprint density at radius 3 is 1.41 bits per heavy atom. The van der Waals surface area contributed by atoms with Gasteiger partial charge in [-0.25, -0.2) is 34.3 Å². The molecule has 0 fully saturated rings. The van der Waals surface area contributed by atoms with Crippen molar-refractivity contribution in [1.82, 2.24) is 25.3 Å².